The number of rotatable bonds is 4. The van der Waals surface area contributed by atoms with E-state index in [0.717, 1.165) is 0 Å². The summed E-state index contributed by atoms with van der Waals surface area (Å²) in [5, 5.41) is 18.1. The van der Waals surface area contributed by atoms with Gasteiger partial charge in [0.2, 0.25) is 10.0 Å². The molecule has 0 aliphatic carbocycles. The summed E-state index contributed by atoms with van der Waals surface area (Å²) in [4.78, 5) is 11.0. The molecule has 21 heavy (non-hydrogen) atoms. The van der Waals surface area contributed by atoms with Gasteiger partial charge in [0.25, 0.3) is 0 Å². The standard InChI is InChI=1S/C13H16BrNO5S/c14-11-2-1-10(13(17)18)7-12(11)21(19,20)15-5-3-9(8-16)4-6-15/h1-2,7,9,16H,3-6,8H2,(H,17,18). The molecule has 1 heterocycles. The van der Waals surface area contributed by atoms with Crippen LogP contribution in [0.2, 0.25) is 0 Å². The van der Waals surface area contributed by atoms with Gasteiger partial charge in [-0.15, -0.1) is 0 Å². The first kappa shape index (κ1) is 16.4. The number of aliphatic hydroxyl groups is 1. The van der Waals surface area contributed by atoms with Gasteiger partial charge in [0, 0.05) is 24.2 Å². The third kappa shape index (κ3) is 3.45. The smallest absolute Gasteiger partial charge is 0.335 e. The van der Waals surface area contributed by atoms with Gasteiger partial charge in [-0.1, -0.05) is 0 Å². The average Bonchev–Trinajstić information content (AvgIpc) is 2.47. The van der Waals surface area contributed by atoms with E-state index in [9.17, 15) is 13.2 Å². The number of hydrogen-bond acceptors (Lipinski definition) is 4. The minimum Gasteiger partial charge on any atom is -0.478 e. The van der Waals surface area contributed by atoms with Crippen LogP contribution in [0.4, 0.5) is 0 Å². The third-order valence-corrected chi connectivity index (χ3v) is 6.52. The van der Waals surface area contributed by atoms with Gasteiger partial charge in [-0.3, -0.25) is 0 Å². The van der Waals surface area contributed by atoms with Crippen LogP contribution in [0.1, 0.15) is 23.2 Å². The molecule has 1 aliphatic heterocycles. The highest BCUT2D eigenvalue weighted by atomic mass is 79.9. The van der Waals surface area contributed by atoms with Gasteiger partial charge in [0.05, 0.1) is 10.5 Å². The van der Waals surface area contributed by atoms with Crippen molar-refractivity contribution in [2.75, 3.05) is 19.7 Å². The van der Waals surface area contributed by atoms with Crippen LogP contribution < -0.4 is 0 Å². The molecule has 0 radical (unpaired) electrons. The van der Waals surface area contributed by atoms with Crippen molar-refractivity contribution in [3.63, 3.8) is 0 Å². The number of piperidine rings is 1. The van der Waals surface area contributed by atoms with Crippen molar-refractivity contribution in [2.24, 2.45) is 5.92 Å². The first-order chi connectivity index (χ1) is 9.86. The van der Waals surface area contributed by atoms with Crippen LogP contribution in [-0.4, -0.2) is 48.6 Å². The Morgan fingerprint density at radius 1 is 1.33 bits per heavy atom. The Kier molecular flexibility index (Phi) is 5.03. The van der Waals surface area contributed by atoms with Gasteiger partial charge < -0.3 is 10.2 Å². The van der Waals surface area contributed by atoms with Crippen LogP contribution in [0, 0.1) is 5.92 Å². The van der Waals surface area contributed by atoms with E-state index in [1.807, 2.05) is 0 Å². The fourth-order valence-electron chi connectivity index (χ4n) is 2.31. The Balaban J connectivity index is 2.32. The average molecular weight is 378 g/mol. The van der Waals surface area contributed by atoms with Crippen molar-refractivity contribution in [1.29, 1.82) is 0 Å². The van der Waals surface area contributed by atoms with E-state index in [1.54, 1.807) is 0 Å². The number of nitrogens with zero attached hydrogens (tertiary/aromatic N) is 1. The normalized spacial score (nSPS) is 17.8. The SMILES string of the molecule is O=C(O)c1ccc(Br)c(S(=O)(=O)N2CCC(CO)CC2)c1. The highest BCUT2D eigenvalue weighted by Crippen LogP contribution is 2.29. The summed E-state index contributed by atoms with van der Waals surface area (Å²) in [6, 6.07) is 3.94. The van der Waals surface area contributed by atoms with Crippen molar-refractivity contribution >= 4 is 31.9 Å². The molecule has 1 aliphatic rings. The summed E-state index contributed by atoms with van der Waals surface area (Å²) >= 11 is 3.17. The minimum absolute atomic E-state index is 0.0372. The summed E-state index contributed by atoms with van der Waals surface area (Å²) in [6.07, 6.45) is 1.21. The maximum absolute atomic E-state index is 12.6. The second-order valence-corrected chi connectivity index (χ2v) is 7.74. The van der Waals surface area contributed by atoms with E-state index in [-0.39, 0.29) is 23.0 Å². The number of sulfonamides is 1. The predicted octanol–water partition coefficient (Wildman–Crippen LogP) is 1.54. The number of benzene rings is 1. The number of carboxylic acids is 1. The molecular weight excluding hydrogens is 362 g/mol. The van der Waals surface area contributed by atoms with Crippen molar-refractivity contribution in [1.82, 2.24) is 4.31 Å². The molecule has 6 nitrogen and oxygen atoms in total. The van der Waals surface area contributed by atoms with Gasteiger partial charge in [-0.2, -0.15) is 4.31 Å². The molecule has 0 unspecified atom stereocenters. The van der Waals surface area contributed by atoms with Crippen LogP contribution in [-0.2, 0) is 10.0 Å². The van der Waals surface area contributed by atoms with Crippen LogP contribution in [0.15, 0.2) is 27.6 Å². The number of aromatic carboxylic acids is 1. The lowest BCUT2D eigenvalue weighted by atomic mass is 10.00. The Morgan fingerprint density at radius 2 is 1.95 bits per heavy atom. The Morgan fingerprint density at radius 3 is 2.48 bits per heavy atom. The topological polar surface area (TPSA) is 94.9 Å². The lowest BCUT2D eigenvalue weighted by Crippen LogP contribution is -2.39. The summed E-state index contributed by atoms with van der Waals surface area (Å²) in [5.74, 6) is -1.04. The Bertz CT molecular complexity index is 638. The van der Waals surface area contributed by atoms with E-state index in [2.05, 4.69) is 15.9 Å². The molecule has 1 saturated heterocycles. The van der Waals surface area contributed by atoms with E-state index < -0.39 is 16.0 Å². The van der Waals surface area contributed by atoms with E-state index in [0.29, 0.717) is 30.4 Å². The molecule has 0 aromatic heterocycles. The molecular formula is C13H16BrNO5S. The molecule has 0 spiro atoms. The van der Waals surface area contributed by atoms with Crippen molar-refractivity contribution < 1.29 is 23.4 Å². The zero-order valence-electron chi connectivity index (χ0n) is 11.2. The second-order valence-electron chi connectivity index (χ2n) is 4.98. The molecule has 2 N–H and O–H groups in total. The largest absolute Gasteiger partial charge is 0.478 e. The summed E-state index contributed by atoms with van der Waals surface area (Å²) in [6.45, 7) is 0.723. The van der Waals surface area contributed by atoms with Crippen molar-refractivity contribution in [3.8, 4) is 0 Å². The third-order valence-electron chi connectivity index (χ3n) is 3.63. The van der Waals surface area contributed by atoms with Gasteiger partial charge in [0.1, 0.15) is 0 Å². The summed E-state index contributed by atoms with van der Waals surface area (Å²) in [5.41, 5.74) is -0.0676. The molecule has 1 aromatic rings. The Hall–Kier alpha value is -0.960. The van der Waals surface area contributed by atoms with Crippen LogP contribution in [0.3, 0.4) is 0 Å². The fourth-order valence-corrected chi connectivity index (χ4v) is 4.73. The fraction of sp³-hybridized carbons (Fsp3) is 0.462. The van der Waals surface area contributed by atoms with Gasteiger partial charge >= 0.3 is 5.97 Å². The zero-order valence-corrected chi connectivity index (χ0v) is 13.6. The van der Waals surface area contributed by atoms with E-state index >= 15 is 0 Å². The Labute approximate surface area is 131 Å². The van der Waals surface area contributed by atoms with Crippen molar-refractivity contribution in [2.45, 2.75) is 17.7 Å². The quantitative estimate of drug-likeness (QED) is 0.829. The lowest BCUT2D eigenvalue weighted by molar-refractivity contribution is 0.0696. The van der Waals surface area contributed by atoms with Crippen molar-refractivity contribution in [3.05, 3.63) is 28.2 Å². The molecule has 8 heteroatoms. The second kappa shape index (κ2) is 6.43. The number of carboxylic acid groups (broad SMARTS) is 1. The van der Waals surface area contributed by atoms with Gasteiger partial charge in [-0.25, -0.2) is 13.2 Å². The van der Waals surface area contributed by atoms with Crippen LogP contribution >= 0.6 is 15.9 Å². The molecule has 1 aromatic carbocycles. The summed E-state index contributed by atoms with van der Waals surface area (Å²) in [7, 11) is -3.74. The van der Waals surface area contributed by atoms with Crippen LogP contribution in [0.25, 0.3) is 0 Å². The molecule has 0 bridgehead atoms. The first-order valence-electron chi connectivity index (χ1n) is 6.50. The molecule has 116 valence electrons. The molecule has 0 amide bonds. The van der Waals surface area contributed by atoms with Gasteiger partial charge in [0.15, 0.2) is 0 Å². The van der Waals surface area contributed by atoms with Crippen LogP contribution in [0.5, 0.6) is 0 Å². The minimum atomic E-state index is -3.74. The molecule has 0 saturated carbocycles. The van der Waals surface area contributed by atoms with E-state index in [1.165, 1.54) is 22.5 Å². The lowest BCUT2D eigenvalue weighted by Gasteiger charge is -2.30. The molecule has 0 atom stereocenters. The maximum Gasteiger partial charge on any atom is 0.335 e. The monoisotopic (exact) mass is 377 g/mol. The molecule has 1 fully saturated rings. The van der Waals surface area contributed by atoms with Gasteiger partial charge in [-0.05, 0) is 52.9 Å². The number of aliphatic hydroxyl groups excluding tert-OH is 1. The first-order valence-corrected chi connectivity index (χ1v) is 8.73. The highest BCUT2D eigenvalue weighted by molar-refractivity contribution is 9.10. The number of hydrogen-bond donors (Lipinski definition) is 2. The number of halogens is 1. The summed E-state index contributed by atoms with van der Waals surface area (Å²) < 4.78 is 26.9. The number of carbonyl (C=O) groups is 1. The zero-order chi connectivity index (χ0) is 15.6. The predicted molar refractivity (Wildman–Crippen MR) is 79.7 cm³/mol. The molecule has 2 rings (SSSR count). The maximum atomic E-state index is 12.6. The highest BCUT2D eigenvalue weighted by Gasteiger charge is 2.31. The van der Waals surface area contributed by atoms with E-state index in [4.69, 9.17) is 10.2 Å².